The minimum absolute atomic E-state index is 0.0261. The number of carbonyl (C=O) groups excluding carboxylic acids is 1. The smallest absolute Gasteiger partial charge is 0.234 e. The maximum Gasteiger partial charge on any atom is 0.234 e. The van der Waals surface area contributed by atoms with Crippen molar-refractivity contribution >= 4 is 5.91 Å². The molecule has 1 amide bonds. The normalized spacial score (nSPS) is 34.1. The standard InChI is InChI=1S/C12H22N2O3/c1-12(16)4-5-14(9-12)8-11(15)13-7-10-3-2-6-17-10/h10,16H,2-9H2,1H3,(H,13,15). The molecule has 0 spiro atoms. The van der Waals surface area contributed by atoms with Gasteiger partial charge in [0.25, 0.3) is 0 Å². The molecule has 2 N–H and O–H groups in total. The molecule has 2 unspecified atom stereocenters. The van der Waals surface area contributed by atoms with E-state index in [2.05, 4.69) is 5.32 Å². The fourth-order valence-corrected chi connectivity index (χ4v) is 2.47. The van der Waals surface area contributed by atoms with E-state index in [0.29, 0.717) is 19.6 Å². The summed E-state index contributed by atoms with van der Waals surface area (Å²) in [5.41, 5.74) is -0.630. The molecule has 2 heterocycles. The number of hydrogen-bond donors (Lipinski definition) is 2. The van der Waals surface area contributed by atoms with E-state index in [1.165, 1.54) is 0 Å². The Morgan fingerprint density at radius 2 is 2.47 bits per heavy atom. The van der Waals surface area contributed by atoms with Gasteiger partial charge in [-0.1, -0.05) is 0 Å². The summed E-state index contributed by atoms with van der Waals surface area (Å²) < 4.78 is 5.44. The predicted octanol–water partition coefficient (Wildman–Crippen LogP) is -0.262. The molecule has 5 nitrogen and oxygen atoms in total. The number of hydrogen-bond acceptors (Lipinski definition) is 4. The van der Waals surface area contributed by atoms with Crippen LogP contribution in [0.25, 0.3) is 0 Å². The van der Waals surface area contributed by atoms with Crippen LogP contribution in [0.4, 0.5) is 0 Å². The van der Waals surface area contributed by atoms with Crippen molar-refractivity contribution in [1.82, 2.24) is 10.2 Å². The van der Waals surface area contributed by atoms with Gasteiger partial charge in [-0.15, -0.1) is 0 Å². The van der Waals surface area contributed by atoms with Crippen LogP contribution in [0.15, 0.2) is 0 Å². The molecular weight excluding hydrogens is 220 g/mol. The number of amides is 1. The van der Waals surface area contributed by atoms with Gasteiger partial charge in [0.05, 0.1) is 18.2 Å². The summed E-state index contributed by atoms with van der Waals surface area (Å²) in [6.45, 7) is 5.00. The third-order valence-corrected chi connectivity index (χ3v) is 3.45. The van der Waals surface area contributed by atoms with Gasteiger partial charge in [-0.2, -0.15) is 0 Å². The molecule has 98 valence electrons. The third-order valence-electron chi connectivity index (χ3n) is 3.45. The highest BCUT2D eigenvalue weighted by Gasteiger charge is 2.32. The second kappa shape index (κ2) is 5.33. The van der Waals surface area contributed by atoms with Gasteiger partial charge >= 0.3 is 0 Å². The van der Waals surface area contributed by atoms with Gasteiger partial charge in [-0.3, -0.25) is 9.69 Å². The van der Waals surface area contributed by atoms with Crippen LogP contribution in [0.5, 0.6) is 0 Å². The molecule has 2 rings (SSSR count). The van der Waals surface area contributed by atoms with Gasteiger partial charge in [0.15, 0.2) is 0 Å². The van der Waals surface area contributed by atoms with Crippen molar-refractivity contribution < 1.29 is 14.6 Å². The van der Waals surface area contributed by atoms with E-state index in [1.54, 1.807) is 0 Å². The minimum Gasteiger partial charge on any atom is -0.389 e. The van der Waals surface area contributed by atoms with E-state index in [0.717, 1.165) is 32.4 Å². The van der Waals surface area contributed by atoms with Crippen LogP contribution < -0.4 is 5.32 Å². The number of aliphatic hydroxyl groups is 1. The van der Waals surface area contributed by atoms with Gasteiger partial charge in [-0.05, 0) is 26.2 Å². The van der Waals surface area contributed by atoms with Gasteiger partial charge in [0, 0.05) is 26.2 Å². The van der Waals surface area contributed by atoms with Crippen LogP contribution >= 0.6 is 0 Å². The highest BCUT2D eigenvalue weighted by atomic mass is 16.5. The molecule has 0 aromatic rings. The molecule has 0 saturated carbocycles. The number of carbonyl (C=O) groups is 1. The maximum atomic E-state index is 11.7. The van der Waals surface area contributed by atoms with E-state index in [9.17, 15) is 9.90 Å². The molecule has 0 bridgehead atoms. The maximum absolute atomic E-state index is 11.7. The lowest BCUT2D eigenvalue weighted by molar-refractivity contribution is -0.122. The molecule has 17 heavy (non-hydrogen) atoms. The van der Waals surface area contributed by atoms with Crippen molar-refractivity contribution in [1.29, 1.82) is 0 Å². The SMILES string of the molecule is CC1(O)CCN(CC(=O)NCC2CCCO2)C1. The summed E-state index contributed by atoms with van der Waals surface area (Å²) in [7, 11) is 0. The number of nitrogens with one attached hydrogen (secondary N) is 1. The van der Waals surface area contributed by atoms with Crippen LogP contribution in [-0.2, 0) is 9.53 Å². The van der Waals surface area contributed by atoms with Crippen molar-refractivity contribution in [3.8, 4) is 0 Å². The molecule has 5 heteroatoms. The Balaban J connectivity index is 1.64. The Morgan fingerprint density at radius 1 is 1.65 bits per heavy atom. The van der Waals surface area contributed by atoms with Crippen LogP contribution in [0.2, 0.25) is 0 Å². The van der Waals surface area contributed by atoms with Crippen molar-refractivity contribution in [2.24, 2.45) is 0 Å². The van der Waals surface area contributed by atoms with Gasteiger partial charge < -0.3 is 15.2 Å². The topological polar surface area (TPSA) is 61.8 Å². The number of ether oxygens (including phenoxy) is 1. The zero-order valence-electron chi connectivity index (χ0n) is 10.4. The fourth-order valence-electron chi connectivity index (χ4n) is 2.47. The van der Waals surface area contributed by atoms with Crippen LogP contribution in [0.1, 0.15) is 26.2 Å². The molecule has 2 aliphatic rings. The first kappa shape index (κ1) is 12.8. The Morgan fingerprint density at radius 3 is 3.06 bits per heavy atom. The lowest BCUT2D eigenvalue weighted by Gasteiger charge is -2.18. The largest absolute Gasteiger partial charge is 0.389 e. The first-order chi connectivity index (χ1) is 8.05. The van der Waals surface area contributed by atoms with Gasteiger partial charge in [0.2, 0.25) is 5.91 Å². The number of nitrogens with zero attached hydrogens (tertiary/aromatic N) is 1. The van der Waals surface area contributed by atoms with Gasteiger partial charge in [0.1, 0.15) is 0 Å². The first-order valence-electron chi connectivity index (χ1n) is 6.38. The summed E-state index contributed by atoms with van der Waals surface area (Å²) in [5.74, 6) is 0.0261. The van der Waals surface area contributed by atoms with E-state index in [4.69, 9.17) is 4.74 Å². The predicted molar refractivity (Wildman–Crippen MR) is 63.7 cm³/mol. The number of likely N-dealkylation sites (tertiary alicyclic amines) is 1. The summed E-state index contributed by atoms with van der Waals surface area (Å²) in [6.07, 6.45) is 3.07. The lowest BCUT2D eigenvalue weighted by atomic mass is 10.1. The van der Waals surface area contributed by atoms with Crippen molar-refractivity contribution in [3.63, 3.8) is 0 Å². The highest BCUT2D eigenvalue weighted by molar-refractivity contribution is 5.78. The van der Waals surface area contributed by atoms with E-state index < -0.39 is 5.60 Å². The Hall–Kier alpha value is -0.650. The van der Waals surface area contributed by atoms with Crippen LogP contribution in [0.3, 0.4) is 0 Å². The summed E-state index contributed by atoms with van der Waals surface area (Å²) >= 11 is 0. The molecule has 2 saturated heterocycles. The Labute approximate surface area is 102 Å². The second-order valence-corrected chi connectivity index (χ2v) is 5.40. The second-order valence-electron chi connectivity index (χ2n) is 5.40. The highest BCUT2D eigenvalue weighted by Crippen LogP contribution is 2.19. The van der Waals surface area contributed by atoms with Gasteiger partial charge in [-0.25, -0.2) is 0 Å². The molecule has 2 atom stereocenters. The van der Waals surface area contributed by atoms with Crippen molar-refractivity contribution in [2.75, 3.05) is 32.8 Å². The zero-order valence-corrected chi connectivity index (χ0v) is 10.4. The zero-order chi connectivity index (χ0) is 12.3. The lowest BCUT2D eigenvalue weighted by Crippen LogP contribution is -2.40. The number of rotatable bonds is 4. The minimum atomic E-state index is -0.630. The summed E-state index contributed by atoms with van der Waals surface area (Å²) in [5, 5.41) is 12.7. The molecule has 2 aliphatic heterocycles. The average molecular weight is 242 g/mol. The summed E-state index contributed by atoms with van der Waals surface area (Å²) in [4.78, 5) is 13.7. The monoisotopic (exact) mass is 242 g/mol. The average Bonchev–Trinajstić information content (AvgIpc) is 2.85. The molecule has 2 fully saturated rings. The molecule has 0 aromatic carbocycles. The quantitative estimate of drug-likeness (QED) is 0.713. The van der Waals surface area contributed by atoms with Crippen LogP contribution in [0, 0.1) is 0 Å². The fraction of sp³-hybridized carbons (Fsp3) is 0.917. The molecule has 0 aromatic heterocycles. The number of β-amino-alcohol motifs (C(OH)–C–C–N with tert-alkyl or cyclic N) is 1. The third kappa shape index (κ3) is 3.94. The van der Waals surface area contributed by atoms with E-state index >= 15 is 0 Å². The first-order valence-corrected chi connectivity index (χ1v) is 6.38. The van der Waals surface area contributed by atoms with Crippen LogP contribution in [-0.4, -0.2) is 60.4 Å². The van der Waals surface area contributed by atoms with E-state index in [-0.39, 0.29) is 12.0 Å². The Bertz CT molecular complexity index is 275. The molecule has 0 radical (unpaired) electrons. The van der Waals surface area contributed by atoms with Crippen molar-refractivity contribution in [3.05, 3.63) is 0 Å². The summed E-state index contributed by atoms with van der Waals surface area (Å²) in [6, 6.07) is 0. The Kier molecular flexibility index (Phi) is 4.01. The molecular formula is C12H22N2O3. The van der Waals surface area contributed by atoms with E-state index in [1.807, 2.05) is 11.8 Å². The molecule has 0 aliphatic carbocycles. The van der Waals surface area contributed by atoms with Crippen molar-refractivity contribution in [2.45, 2.75) is 37.9 Å².